The average molecular weight is 592 g/mol. The van der Waals surface area contributed by atoms with Gasteiger partial charge in [0.1, 0.15) is 17.4 Å². The van der Waals surface area contributed by atoms with E-state index in [1.807, 2.05) is 59.7 Å². The van der Waals surface area contributed by atoms with Crippen LogP contribution in [0.3, 0.4) is 0 Å². The number of aryl methyl sites for hydroxylation is 2. The number of anilines is 2. The van der Waals surface area contributed by atoms with Crippen LogP contribution in [0.25, 0.3) is 0 Å². The van der Waals surface area contributed by atoms with Crippen LogP contribution in [0.5, 0.6) is 5.75 Å². The van der Waals surface area contributed by atoms with Gasteiger partial charge in [0.2, 0.25) is 17.7 Å². The molecule has 1 spiro atoms. The number of amides is 3. The summed E-state index contributed by atoms with van der Waals surface area (Å²) in [5, 5.41) is 16.6. The molecule has 9 nitrogen and oxygen atoms in total. The first kappa shape index (κ1) is 31.0. The Morgan fingerprint density at radius 3 is 2.42 bits per heavy atom. The number of nitrogens with one attached hydrogen (secondary N) is 2. The second kappa shape index (κ2) is 11.9. The maximum atomic E-state index is 14.5. The zero-order chi connectivity index (χ0) is 31.1. The average Bonchev–Trinajstić information content (AvgIpc) is 3.58. The van der Waals surface area contributed by atoms with Crippen molar-refractivity contribution in [2.75, 3.05) is 23.8 Å². The molecule has 3 heterocycles. The standard InChI is InChI=1S/C34H45N3O6/c1-7-33-15-16-34(43-33)28(27(33)30(39)35-23-11-13-25(14-12-23)42-8-2)32(41)37(24(19-38)17-20(3)4)29(34)31(40)36-26-18-21(5)9-10-22(26)6/h9-14,18,20,24,27-29,38H,7-8,15-17,19H2,1-6H3,(H,35,39)(H,36,40)/t24-,27-,28+,29?,33+,34?/m1/s1. The van der Waals surface area contributed by atoms with Crippen LogP contribution in [-0.4, -0.2) is 64.2 Å². The molecule has 9 heteroatoms. The number of hydrogen-bond acceptors (Lipinski definition) is 6. The van der Waals surface area contributed by atoms with Gasteiger partial charge in [0.15, 0.2) is 0 Å². The fraction of sp³-hybridized carbons (Fsp3) is 0.559. The molecule has 2 unspecified atom stereocenters. The Kier molecular flexibility index (Phi) is 8.60. The molecule has 0 aliphatic carbocycles. The summed E-state index contributed by atoms with van der Waals surface area (Å²) in [5.74, 6) is -1.72. The Hall–Kier alpha value is -3.43. The lowest BCUT2D eigenvalue weighted by Crippen LogP contribution is -2.56. The van der Waals surface area contributed by atoms with Gasteiger partial charge in [0.05, 0.1) is 36.7 Å². The van der Waals surface area contributed by atoms with Crippen molar-refractivity contribution in [1.82, 2.24) is 4.90 Å². The quantitative estimate of drug-likeness (QED) is 0.344. The number of aliphatic hydroxyl groups excluding tert-OH is 1. The number of ether oxygens (including phenoxy) is 2. The van der Waals surface area contributed by atoms with Crippen molar-refractivity contribution in [3.05, 3.63) is 53.6 Å². The van der Waals surface area contributed by atoms with Gasteiger partial charge in [-0.3, -0.25) is 14.4 Å². The molecule has 3 aliphatic rings. The lowest BCUT2D eigenvalue weighted by Gasteiger charge is -2.38. The van der Waals surface area contributed by atoms with Crippen LogP contribution >= 0.6 is 0 Å². The first-order chi connectivity index (χ1) is 20.5. The van der Waals surface area contributed by atoms with Gasteiger partial charge in [-0.05, 0) is 93.8 Å². The summed E-state index contributed by atoms with van der Waals surface area (Å²) >= 11 is 0. The highest BCUT2D eigenvalue weighted by atomic mass is 16.5. The largest absolute Gasteiger partial charge is 0.494 e. The molecular weight excluding hydrogens is 546 g/mol. The van der Waals surface area contributed by atoms with E-state index in [0.717, 1.165) is 11.1 Å². The van der Waals surface area contributed by atoms with Crippen LogP contribution in [-0.2, 0) is 19.1 Å². The summed E-state index contributed by atoms with van der Waals surface area (Å²) < 4.78 is 12.4. The van der Waals surface area contributed by atoms with Crippen molar-refractivity contribution in [2.45, 2.75) is 90.5 Å². The van der Waals surface area contributed by atoms with Crippen LogP contribution in [0, 0.1) is 31.6 Å². The minimum atomic E-state index is -1.18. The third-order valence-corrected chi connectivity index (χ3v) is 9.58. The molecule has 3 aliphatic heterocycles. The van der Waals surface area contributed by atoms with E-state index in [9.17, 15) is 19.5 Å². The van der Waals surface area contributed by atoms with Crippen LogP contribution in [0.4, 0.5) is 11.4 Å². The molecule has 43 heavy (non-hydrogen) atoms. The summed E-state index contributed by atoms with van der Waals surface area (Å²) in [5.41, 5.74) is 1.12. The van der Waals surface area contributed by atoms with Crippen LogP contribution in [0.1, 0.15) is 64.5 Å². The number of benzene rings is 2. The number of nitrogens with zero attached hydrogens (tertiary/aromatic N) is 1. The van der Waals surface area contributed by atoms with Gasteiger partial charge in [0.25, 0.3) is 0 Å². The topological polar surface area (TPSA) is 117 Å². The Balaban J connectivity index is 1.54. The maximum absolute atomic E-state index is 14.5. The summed E-state index contributed by atoms with van der Waals surface area (Å²) in [7, 11) is 0. The molecule has 0 saturated carbocycles. The van der Waals surface area contributed by atoms with Gasteiger partial charge in [-0.2, -0.15) is 0 Å². The number of likely N-dealkylation sites (tertiary alicyclic amines) is 1. The molecular formula is C34H45N3O6. The van der Waals surface area contributed by atoms with E-state index in [4.69, 9.17) is 9.47 Å². The highest BCUT2D eigenvalue weighted by molar-refractivity contribution is 6.05. The van der Waals surface area contributed by atoms with E-state index < -0.39 is 35.1 Å². The Bertz CT molecular complexity index is 1380. The Morgan fingerprint density at radius 1 is 1.07 bits per heavy atom. The highest BCUT2D eigenvalue weighted by Crippen LogP contribution is 2.64. The van der Waals surface area contributed by atoms with Crippen LogP contribution in [0.2, 0.25) is 0 Å². The predicted octanol–water partition coefficient (Wildman–Crippen LogP) is 4.84. The normalized spacial score (nSPS) is 28.2. The summed E-state index contributed by atoms with van der Waals surface area (Å²) in [6, 6.07) is 11.4. The molecule has 0 aromatic heterocycles. The molecule has 2 bridgehead atoms. The lowest BCUT2D eigenvalue weighted by atomic mass is 9.65. The molecule has 232 valence electrons. The van der Waals surface area contributed by atoms with E-state index in [1.54, 1.807) is 29.2 Å². The molecule has 3 amide bonds. The van der Waals surface area contributed by atoms with Crippen LogP contribution in [0.15, 0.2) is 42.5 Å². The SMILES string of the molecule is CCOc1ccc(NC(=O)[C@H]2[C@H]3C(=O)N([C@@H](CO)CC(C)C)C(C(=O)Nc4cc(C)ccc4C)C34CC[C@]2(CC)O4)cc1. The molecule has 2 aromatic carbocycles. The number of fused-ring (bicyclic) bond motifs is 1. The van der Waals surface area contributed by atoms with Gasteiger partial charge < -0.3 is 30.1 Å². The third kappa shape index (κ3) is 5.31. The van der Waals surface area contributed by atoms with Crippen molar-refractivity contribution in [2.24, 2.45) is 17.8 Å². The second-order valence-electron chi connectivity index (χ2n) is 12.8. The van der Waals surface area contributed by atoms with E-state index in [0.29, 0.717) is 49.4 Å². The minimum absolute atomic E-state index is 0.170. The van der Waals surface area contributed by atoms with Crippen molar-refractivity contribution < 1.29 is 29.0 Å². The molecule has 0 radical (unpaired) electrons. The number of carbonyl (C=O) groups is 3. The molecule has 5 rings (SSSR count). The second-order valence-corrected chi connectivity index (χ2v) is 12.8. The van der Waals surface area contributed by atoms with E-state index in [1.165, 1.54) is 0 Å². The Labute approximate surface area is 254 Å². The fourth-order valence-corrected chi connectivity index (χ4v) is 7.66. The lowest BCUT2D eigenvalue weighted by molar-refractivity contribution is -0.148. The molecule has 3 saturated heterocycles. The fourth-order valence-electron chi connectivity index (χ4n) is 7.66. The zero-order valence-corrected chi connectivity index (χ0v) is 26.1. The molecule has 3 N–H and O–H groups in total. The predicted molar refractivity (Wildman–Crippen MR) is 165 cm³/mol. The molecule has 2 aromatic rings. The van der Waals surface area contributed by atoms with Crippen molar-refractivity contribution >= 4 is 29.1 Å². The van der Waals surface area contributed by atoms with Crippen molar-refractivity contribution in [3.63, 3.8) is 0 Å². The molecule has 3 fully saturated rings. The van der Waals surface area contributed by atoms with Gasteiger partial charge in [0, 0.05) is 11.4 Å². The van der Waals surface area contributed by atoms with Crippen LogP contribution < -0.4 is 15.4 Å². The number of carbonyl (C=O) groups excluding carboxylic acids is 3. The van der Waals surface area contributed by atoms with E-state index in [2.05, 4.69) is 10.6 Å². The summed E-state index contributed by atoms with van der Waals surface area (Å²) in [6.07, 6.45) is 2.08. The van der Waals surface area contributed by atoms with Gasteiger partial charge in [-0.1, -0.05) is 32.9 Å². The molecule has 6 atom stereocenters. The maximum Gasteiger partial charge on any atom is 0.250 e. The van der Waals surface area contributed by atoms with E-state index >= 15 is 0 Å². The highest BCUT2D eigenvalue weighted by Gasteiger charge is 2.79. The third-order valence-electron chi connectivity index (χ3n) is 9.58. The monoisotopic (exact) mass is 591 g/mol. The van der Waals surface area contributed by atoms with Crippen molar-refractivity contribution in [3.8, 4) is 5.75 Å². The first-order valence-electron chi connectivity index (χ1n) is 15.5. The van der Waals surface area contributed by atoms with Gasteiger partial charge in [-0.25, -0.2) is 0 Å². The zero-order valence-electron chi connectivity index (χ0n) is 26.1. The summed E-state index contributed by atoms with van der Waals surface area (Å²) in [6.45, 7) is 12.1. The van der Waals surface area contributed by atoms with Crippen molar-refractivity contribution in [1.29, 1.82) is 0 Å². The number of hydrogen-bond donors (Lipinski definition) is 3. The number of aliphatic hydroxyl groups is 1. The Morgan fingerprint density at radius 2 is 1.79 bits per heavy atom. The summed E-state index contributed by atoms with van der Waals surface area (Å²) in [4.78, 5) is 44.5. The minimum Gasteiger partial charge on any atom is -0.494 e. The first-order valence-corrected chi connectivity index (χ1v) is 15.5. The number of rotatable bonds is 11. The van der Waals surface area contributed by atoms with Gasteiger partial charge >= 0.3 is 0 Å². The smallest absolute Gasteiger partial charge is 0.250 e. The van der Waals surface area contributed by atoms with Gasteiger partial charge in [-0.15, -0.1) is 0 Å². The van der Waals surface area contributed by atoms with E-state index in [-0.39, 0.29) is 30.2 Å².